The molecule has 0 aromatic carbocycles. The third kappa shape index (κ3) is 5.15. The largest absolute Gasteiger partial charge is 0.308 e. The summed E-state index contributed by atoms with van der Waals surface area (Å²) in [6.45, 7) is 7.52. The van der Waals surface area contributed by atoms with Gasteiger partial charge in [-0.1, -0.05) is 18.9 Å². The van der Waals surface area contributed by atoms with Crippen molar-refractivity contribution in [2.45, 2.75) is 63.6 Å². The summed E-state index contributed by atoms with van der Waals surface area (Å²) in [5.41, 5.74) is 1.49. The maximum atomic E-state index is 4.56. The van der Waals surface area contributed by atoms with E-state index in [-0.39, 0.29) is 5.54 Å². The van der Waals surface area contributed by atoms with Gasteiger partial charge in [0.2, 0.25) is 0 Å². The third-order valence-electron chi connectivity index (χ3n) is 3.59. The van der Waals surface area contributed by atoms with Gasteiger partial charge in [-0.3, -0.25) is 0 Å². The van der Waals surface area contributed by atoms with E-state index in [2.05, 4.69) is 37.1 Å². The standard InChI is InChI=1S/C16H26N2S/c1-16(2,3)18-11-14-9-6-10-17-15(14)19-12-13-7-4-5-8-13/h6,9-10,13,18H,4-5,7-8,11-12H2,1-3H3. The molecule has 0 saturated heterocycles. The van der Waals surface area contributed by atoms with E-state index < -0.39 is 0 Å². The number of nitrogens with zero attached hydrogens (tertiary/aromatic N) is 1. The highest BCUT2D eigenvalue weighted by molar-refractivity contribution is 7.99. The molecule has 106 valence electrons. The fourth-order valence-electron chi connectivity index (χ4n) is 2.42. The normalized spacial score (nSPS) is 17.0. The van der Waals surface area contributed by atoms with Crippen molar-refractivity contribution >= 4 is 11.8 Å². The molecule has 3 heteroatoms. The molecule has 0 spiro atoms. The predicted octanol–water partition coefficient (Wildman–Crippen LogP) is 4.25. The van der Waals surface area contributed by atoms with Crippen molar-refractivity contribution in [2.75, 3.05) is 5.75 Å². The lowest BCUT2D eigenvalue weighted by molar-refractivity contribution is 0.422. The lowest BCUT2D eigenvalue weighted by Crippen LogP contribution is -2.35. The van der Waals surface area contributed by atoms with Crippen LogP contribution in [0.15, 0.2) is 23.4 Å². The van der Waals surface area contributed by atoms with E-state index in [0.29, 0.717) is 0 Å². The van der Waals surface area contributed by atoms with E-state index in [1.165, 1.54) is 42.0 Å². The van der Waals surface area contributed by atoms with Gasteiger partial charge in [0, 0.05) is 24.0 Å². The maximum Gasteiger partial charge on any atom is 0.100 e. The highest BCUT2D eigenvalue weighted by Gasteiger charge is 2.16. The van der Waals surface area contributed by atoms with Crippen LogP contribution in [0.3, 0.4) is 0 Å². The molecule has 1 aliphatic rings. The molecule has 1 heterocycles. The molecule has 1 N–H and O–H groups in total. The van der Waals surface area contributed by atoms with Gasteiger partial charge in [0.25, 0.3) is 0 Å². The number of nitrogens with one attached hydrogen (secondary N) is 1. The molecule has 0 aliphatic heterocycles. The van der Waals surface area contributed by atoms with E-state index in [1.54, 1.807) is 0 Å². The highest BCUT2D eigenvalue weighted by Crippen LogP contribution is 2.31. The van der Waals surface area contributed by atoms with Gasteiger partial charge in [0.05, 0.1) is 0 Å². The quantitative estimate of drug-likeness (QED) is 0.815. The Morgan fingerprint density at radius 2 is 2.05 bits per heavy atom. The summed E-state index contributed by atoms with van der Waals surface area (Å²) in [5.74, 6) is 2.15. The Kier molecular flexibility index (Phi) is 5.28. The Bertz CT molecular complexity index is 392. The fraction of sp³-hybridized carbons (Fsp3) is 0.688. The molecule has 1 aliphatic carbocycles. The molecule has 0 atom stereocenters. The smallest absolute Gasteiger partial charge is 0.100 e. The molecule has 2 rings (SSSR count). The Labute approximate surface area is 121 Å². The number of rotatable bonds is 5. The van der Waals surface area contributed by atoms with Gasteiger partial charge in [0.15, 0.2) is 0 Å². The number of hydrogen-bond donors (Lipinski definition) is 1. The van der Waals surface area contributed by atoms with Gasteiger partial charge in [0.1, 0.15) is 5.03 Å². The molecule has 19 heavy (non-hydrogen) atoms. The van der Waals surface area contributed by atoms with E-state index in [9.17, 15) is 0 Å². The minimum Gasteiger partial charge on any atom is -0.308 e. The maximum absolute atomic E-state index is 4.56. The molecule has 0 unspecified atom stereocenters. The number of aromatic nitrogens is 1. The van der Waals surface area contributed by atoms with Gasteiger partial charge in [-0.25, -0.2) is 4.98 Å². The Morgan fingerprint density at radius 1 is 1.32 bits per heavy atom. The minimum atomic E-state index is 0.156. The third-order valence-corrected chi connectivity index (χ3v) is 4.87. The summed E-state index contributed by atoms with van der Waals surface area (Å²) in [6.07, 6.45) is 7.58. The Morgan fingerprint density at radius 3 is 2.74 bits per heavy atom. The van der Waals surface area contributed by atoms with E-state index in [1.807, 2.05) is 24.0 Å². The van der Waals surface area contributed by atoms with Crippen LogP contribution >= 0.6 is 11.8 Å². The monoisotopic (exact) mass is 278 g/mol. The van der Waals surface area contributed by atoms with Crippen molar-refractivity contribution < 1.29 is 0 Å². The van der Waals surface area contributed by atoms with Crippen LogP contribution in [-0.2, 0) is 6.54 Å². The minimum absolute atomic E-state index is 0.156. The molecule has 2 nitrogen and oxygen atoms in total. The molecule has 1 saturated carbocycles. The fourth-order valence-corrected chi connectivity index (χ4v) is 3.61. The van der Waals surface area contributed by atoms with Crippen LogP contribution in [0.4, 0.5) is 0 Å². The number of thioether (sulfide) groups is 1. The zero-order chi connectivity index (χ0) is 13.7. The van der Waals surface area contributed by atoms with Crippen molar-refractivity contribution in [2.24, 2.45) is 5.92 Å². The predicted molar refractivity (Wildman–Crippen MR) is 83.5 cm³/mol. The average Bonchev–Trinajstić information content (AvgIpc) is 2.87. The van der Waals surface area contributed by atoms with Gasteiger partial charge in [-0.05, 0) is 51.2 Å². The molecule has 1 aromatic rings. The van der Waals surface area contributed by atoms with E-state index in [4.69, 9.17) is 0 Å². The van der Waals surface area contributed by atoms with Crippen LogP contribution in [0.5, 0.6) is 0 Å². The second kappa shape index (κ2) is 6.76. The zero-order valence-corrected chi connectivity index (χ0v) is 13.2. The summed E-state index contributed by atoms with van der Waals surface area (Å²) in [6, 6.07) is 4.24. The van der Waals surface area contributed by atoms with Crippen molar-refractivity contribution in [3.8, 4) is 0 Å². The summed E-state index contributed by atoms with van der Waals surface area (Å²) >= 11 is 1.94. The van der Waals surface area contributed by atoms with Crippen LogP contribution in [-0.4, -0.2) is 16.3 Å². The lowest BCUT2D eigenvalue weighted by atomic mass is 10.1. The second-order valence-corrected chi connectivity index (χ2v) is 7.54. The SMILES string of the molecule is CC(C)(C)NCc1cccnc1SCC1CCCC1. The first-order valence-corrected chi connectivity index (χ1v) is 8.35. The van der Waals surface area contributed by atoms with Crippen molar-refractivity contribution in [3.63, 3.8) is 0 Å². The van der Waals surface area contributed by atoms with Crippen molar-refractivity contribution in [1.82, 2.24) is 10.3 Å². The summed E-state index contributed by atoms with van der Waals surface area (Å²) in [7, 11) is 0. The number of pyridine rings is 1. The first-order chi connectivity index (χ1) is 9.04. The first kappa shape index (κ1) is 14.9. The second-order valence-electron chi connectivity index (χ2n) is 6.53. The Balaban J connectivity index is 1.91. The summed E-state index contributed by atoms with van der Waals surface area (Å²) in [4.78, 5) is 4.56. The number of hydrogen-bond acceptors (Lipinski definition) is 3. The molecule has 0 bridgehead atoms. The van der Waals surface area contributed by atoms with Gasteiger partial charge in [-0.2, -0.15) is 0 Å². The summed E-state index contributed by atoms with van der Waals surface area (Å²) in [5, 5.41) is 4.77. The van der Waals surface area contributed by atoms with Crippen LogP contribution in [0.25, 0.3) is 0 Å². The van der Waals surface area contributed by atoms with Crippen molar-refractivity contribution in [3.05, 3.63) is 23.9 Å². The molecule has 1 aromatic heterocycles. The molecule has 1 fully saturated rings. The van der Waals surface area contributed by atoms with Crippen LogP contribution < -0.4 is 5.32 Å². The van der Waals surface area contributed by atoms with Gasteiger partial charge in [-0.15, -0.1) is 11.8 Å². The lowest BCUT2D eigenvalue weighted by Gasteiger charge is -2.21. The average molecular weight is 278 g/mol. The van der Waals surface area contributed by atoms with Crippen LogP contribution in [0.2, 0.25) is 0 Å². The molecular weight excluding hydrogens is 252 g/mol. The van der Waals surface area contributed by atoms with Gasteiger partial charge >= 0.3 is 0 Å². The van der Waals surface area contributed by atoms with Crippen LogP contribution in [0.1, 0.15) is 52.0 Å². The molecular formula is C16H26N2S. The topological polar surface area (TPSA) is 24.9 Å². The van der Waals surface area contributed by atoms with E-state index in [0.717, 1.165) is 12.5 Å². The molecule has 0 amide bonds. The first-order valence-electron chi connectivity index (χ1n) is 7.36. The van der Waals surface area contributed by atoms with Crippen LogP contribution in [0, 0.1) is 5.92 Å². The van der Waals surface area contributed by atoms with E-state index >= 15 is 0 Å². The Hall–Kier alpha value is -0.540. The summed E-state index contributed by atoms with van der Waals surface area (Å²) < 4.78 is 0. The highest BCUT2D eigenvalue weighted by atomic mass is 32.2. The van der Waals surface area contributed by atoms with Gasteiger partial charge < -0.3 is 5.32 Å². The molecule has 0 radical (unpaired) electrons. The van der Waals surface area contributed by atoms with Crippen molar-refractivity contribution in [1.29, 1.82) is 0 Å². The zero-order valence-electron chi connectivity index (χ0n) is 12.4.